The van der Waals surface area contributed by atoms with Gasteiger partial charge in [0.2, 0.25) is 5.91 Å². The standard InChI is InChI=1S/C25H38Cl2N2OS/c1-25(2)17-29(14-12-22(25)19-6-10-21(27)11-7-19)24(30)23(13-15-31-3)28-16-18-4-8-20(26)9-5-18/h4,6,8,10,19,21-23,28H,5,7,9,11-17H2,1-3H3/t19?,21?,22?,23-/m1/s1. The molecule has 174 valence electrons. The molecule has 1 saturated heterocycles. The van der Waals surface area contributed by atoms with Crippen molar-refractivity contribution in [1.82, 2.24) is 10.2 Å². The summed E-state index contributed by atoms with van der Waals surface area (Å²) in [6.45, 7) is 7.14. The number of halogens is 2. The summed E-state index contributed by atoms with van der Waals surface area (Å²) >= 11 is 14.2. The summed E-state index contributed by atoms with van der Waals surface area (Å²) in [5.74, 6) is 2.45. The minimum Gasteiger partial charge on any atom is -0.341 e. The van der Waals surface area contributed by atoms with Crippen LogP contribution in [0.25, 0.3) is 0 Å². The highest BCUT2D eigenvalue weighted by Crippen LogP contribution is 2.43. The van der Waals surface area contributed by atoms with Gasteiger partial charge in [-0.1, -0.05) is 49.2 Å². The lowest BCUT2D eigenvalue weighted by Gasteiger charge is -2.48. The number of thioether (sulfide) groups is 1. The van der Waals surface area contributed by atoms with E-state index in [4.69, 9.17) is 23.2 Å². The van der Waals surface area contributed by atoms with Crippen LogP contribution in [-0.2, 0) is 4.79 Å². The van der Waals surface area contributed by atoms with Gasteiger partial charge in [0.25, 0.3) is 0 Å². The molecule has 6 heteroatoms. The number of nitrogens with one attached hydrogen (secondary N) is 1. The average Bonchev–Trinajstić information content (AvgIpc) is 2.75. The first-order valence-corrected chi connectivity index (χ1v) is 13.9. The molecule has 2 aliphatic carbocycles. The van der Waals surface area contributed by atoms with E-state index in [1.54, 1.807) is 11.8 Å². The van der Waals surface area contributed by atoms with Crippen LogP contribution in [-0.4, -0.2) is 53.9 Å². The fraction of sp³-hybridized carbons (Fsp3) is 0.720. The number of rotatable bonds is 8. The number of nitrogens with zero attached hydrogens (tertiary/aromatic N) is 1. The van der Waals surface area contributed by atoms with Crippen molar-refractivity contribution in [3.8, 4) is 0 Å². The first-order valence-electron chi connectivity index (χ1n) is 11.7. The van der Waals surface area contributed by atoms with Crippen LogP contribution < -0.4 is 5.32 Å². The van der Waals surface area contributed by atoms with Gasteiger partial charge in [-0.3, -0.25) is 4.79 Å². The number of piperidine rings is 1. The highest BCUT2D eigenvalue weighted by Gasteiger charge is 2.42. The molecule has 4 atom stereocenters. The molecule has 3 nitrogen and oxygen atoms in total. The second-order valence-corrected chi connectivity index (χ2v) is 12.0. The molecule has 1 N–H and O–H groups in total. The van der Waals surface area contributed by atoms with Gasteiger partial charge in [-0.2, -0.15) is 11.8 Å². The molecule has 0 aromatic heterocycles. The summed E-state index contributed by atoms with van der Waals surface area (Å²) in [6, 6.07) is -0.117. The molecular weight excluding hydrogens is 447 g/mol. The zero-order chi connectivity index (χ0) is 22.4. The van der Waals surface area contributed by atoms with Gasteiger partial charge in [0.1, 0.15) is 0 Å². The van der Waals surface area contributed by atoms with E-state index in [1.807, 2.05) is 6.08 Å². The number of carbonyl (C=O) groups is 1. The van der Waals surface area contributed by atoms with Gasteiger partial charge in [0, 0.05) is 24.7 Å². The van der Waals surface area contributed by atoms with Gasteiger partial charge in [0.15, 0.2) is 0 Å². The maximum absolute atomic E-state index is 13.5. The van der Waals surface area contributed by atoms with Crippen LogP contribution in [0, 0.1) is 17.3 Å². The van der Waals surface area contributed by atoms with Gasteiger partial charge in [-0.15, -0.1) is 11.6 Å². The summed E-state index contributed by atoms with van der Waals surface area (Å²) in [5, 5.41) is 4.68. The van der Waals surface area contributed by atoms with Crippen molar-refractivity contribution in [2.45, 2.75) is 63.8 Å². The maximum Gasteiger partial charge on any atom is 0.239 e. The molecule has 0 aromatic rings. The SMILES string of the molecule is CSCC[C@@H](NCC1=CC=C(Cl)CC1)C(=O)N1CCC(C2C=CC(Cl)CC2)C(C)(C)C1. The van der Waals surface area contributed by atoms with E-state index in [2.05, 4.69) is 48.5 Å². The Hall–Kier alpha value is -0.420. The normalized spacial score (nSPS) is 29.3. The number of carbonyl (C=O) groups excluding carboxylic acids is 1. The predicted molar refractivity (Wildman–Crippen MR) is 136 cm³/mol. The molecule has 0 aromatic carbocycles. The number of amides is 1. The lowest BCUT2D eigenvalue weighted by Crippen LogP contribution is -2.55. The van der Waals surface area contributed by atoms with Gasteiger partial charge in [-0.05, 0) is 73.9 Å². The van der Waals surface area contributed by atoms with Crippen molar-refractivity contribution in [3.05, 3.63) is 34.9 Å². The molecule has 31 heavy (non-hydrogen) atoms. The van der Waals surface area contributed by atoms with Crippen LogP contribution >= 0.6 is 35.0 Å². The number of alkyl halides is 1. The maximum atomic E-state index is 13.5. The van der Waals surface area contributed by atoms with E-state index in [9.17, 15) is 4.79 Å². The number of hydrogen-bond acceptors (Lipinski definition) is 3. The van der Waals surface area contributed by atoms with E-state index in [-0.39, 0.29) is 22.7 Å². The summed E-state index contributed by atoms with van der Waals surface area (Å²) in [6.07, 6.45) is 16.8. The smallest absolute Gasteiger partial charge is 0.239 e. The number of allylic oxidation sites excluding steroid dienone is 5. The predicted octanol–water partition coefficient (Wildman–Crippen LogP) is 5.99. The summed E-state index contributed by atoms with van der Waals surface area (Å²) in [7, 11) is 0. The highest BCUT2D eigenvalue weighted by atomic mass is 35.5. The zero-order valence-electron chi connectivity index (χ0n) is 19.2. The first kappa shape index (κ1) is 25.2. The fourth-order valence-corrected chi connectivity index (χ4v) is 6.16. The fourth-order valence-electron chi connectivity index (χ4n) is 5.32. The van der Waals surface area contributed by atoms with Crippen molar-refractivity contribution in [3.63, 3.8) is 0 Å². The van der Waals surface area contributed by atoms with E-state index >= 15 is 0 Å². The first-order chi connectivity index (χ1) is 14.8. The Morgan fingerprint density at radius 1 is 1.26 bits per heavy atom. The molecule has 1 amide bonds. The largest absolute Gasteiger partial charge is 0.341 e. The van der Waals surface area contributed by atoms with Gasteiger partial charge < -0.3 is 10.2 Å². The van der Waals surface area contributed by atoms with Crippen LogP contribution in [0.2, 0.25) is 0 Å². The van der Waals surface area contributed by atoms with Gasteiger partial charge in [0.05, 0.1) is 11.4 Å². The van der Waals surface area contributed by atoms with Crippen molar-refractivity contribution in [1.29, 1.82) is 0 Å². The Balaban J connectivity index is 1.61. The van der Waals surface area contributed by atoms with Crippen molar-refractivity contribution < 1.29 is 4.79 Å². The number of likely N-dealkylation sites (tertiary alicyclic amines) is 1. The van der Waals surface area contributed by atoms with Crippen LogP contribution in [0.15, 0.2) is 34.9 Å². The molecule has 0 radical (unpaired) electrons. The van der Waals surface area contributed by atoms with Gasteiger partial charge in [-0.25, -0.2) is 0 Å². The van der Waals surface area contributed by atoms with Gasteiger partial charge >= 0.3 is 0 Å². The Kier molecular flexibility index (Phi) is 9.46. The molecule has 3 unspecified atom stereocenters. The molecule has 1 aliphatic heterocycles. The molecule has 3 rings (SSSR count). The summed E-state index contributed by atoms with van der Waals surface area (Å²) in [5.41, 5.74) is 1.44. The van der Waals surface area contributed by atoms with Crippen LogP contribution in [0.5, 0.6) is 0 Å². The second-order valence-electron chi connectivity index (χ2n) is 9.94. The zero-order valence-corrected chi connectivity index (χ0v) is 21.5. The topological polar surface area (TPSA) is 32.3 Å². The van der Waals surface area contributed by atoms with Crippen molar-refractivity contribution in [2.75, 3.05) is 31.6 Å². The van der Waals surface area contributed by atoms with Crippen LogP contribution in [0.4, 0.5) is 0 Å². The van der Waals surface area contributed by atoms with Crippen molar-refractivity contribution >= 4 is 40.9 Å². The third kappa shape index (κ3) is 7.03. The Morgan fingerprint density at radius 3 is 2.68 bits per heavy atom. The van der Waals surface area contributed by atoms with Crippen LogP contribution in [0.1, 0.15) is 52.4 Å². The van der Waals surface area contributed by atoms with E-state index in [1.165, 1.54) is 5.57 Å². The number of hydrogen-bond donors (Lipinski definition) is 1. The van der Waals surface area contributed by atoms with E-state index < -0.39 is 0 Å². The summed E-state index contributed by atoms with van der Waals surface area (Å²) in [4.78, 5) is 15.6. The molecule has 0 spiro atoms. The van der Waals surface area contributed by atoms with E-state index in [0.717, 1.165) is 68.9 Å². The Morgan fingerprint density at radius 2 is 2.06 bits per heavy atom. The molecule has 0 saturated carbocycles. The monoisotopic (exact) mass is 484 g/mol. The molecule has 1 heterocycles. The lowest BCUT2D eigenvalue weighted by molar-refractivity contribution is -0.138. The third-order valence-electron chi connectivity index (χ3n) is 7.15. The molecule has 0 bridgehead atoms. The minimum atomic E-state index is -0.117. The molecule has 3 aliphatic rings. The quantitative estimate of drug-likeness (QED) is 0.339. The average molecular weight is 486 g/mol. The molecular formula is C25H38Cl2N2OS. The van der Waals surface area contributed by atoms with Crippen LogP contribution in [0.3, 0.4) is 0 Å². The summed E-state index contributed by atoms with van der Waals surface area (Å²) < 4.78 is 0. The lowest BCUT2D eigenvalue weighted by atomic mass is 9.65. The second kappa shape index (κ2) is 11.6. The van der Waals surface area contributed by atoms with E-state index in [0.29, 0.717) is 11.8 Å². The third-order valence-corrected chi connectivity index (χ3v) is 8.48. The Bertz CT molecular complexity index is 718. The molecule has 1 fully saturated rings. The highest BCUT2D eigenvalue weighted by molar-refractivity contribution is 7.98. The Labute approximate surface area is 203 Å². The minimum absolute atomic E-state index is 0.111. The van der Waals surface area contributed by atoms with Crippen molar-refractivity contribution in [2.24, 2.45) is 17.3 Å².